The van der Waals surface area contributed by atoms with Crippen LogP contribution in [0.15, 0.2) is 53.1 Å². The minimum atomic E-state index is 0.299. The summed E-state index contributed by atoms with van der Waals surface area (Å²) >= 11 is 12.4. The summed E-state index contributed by atoms with van der Waals surface area (Å²) in [7, 11) is 0. The minimum absolute atomic E-state index is 0.299. The van der Waals surface area contributed by atoms with E-state index in [9.17, 15) is 0 Å². The molecule has 2 aliphatic rings. The molecule has 0 radical (unpaired) electrons. The van der Waals surface area contributed by atoms with Gasteiger partial charge in [0, 0.05) is 12.5 Å². The van der Waals surface area contributed by atoms with Crippen molar-refractivity contribution in [3.63, 3.8) is 0 Å². The number of aliphatic hydroxyl groups excluding tert-OH is 1. The molecule has 0 fully saturated rings. The van der Waals surface area contributed by atoms with Gasteiger partial charge in [0.1, 0.15) is 0 Å². The monoisotopic (exact) mass is 536 g/mol. The van der Waals surface area contributed by atoms with E-state index >= 15 is 0 Å². The second-order valence-corrected chi connectivity index (χ2v) is 10.3. The van der Waals surface area contributed by atoms with Crippen LogP contribution in [-0.4, -0.2) is 11.7 Å². The Morgan fingerprint density at radius 1 is 0.889 bits per heavy atom. The Morgan fingerprint density at radius 2 is 1.56 bits per heavy atom. The fourth-order valence-corrected chi connectivity index (χ4v) is 4.82. The van der Waals surface area contributed by atoms with E-state index in [-0.39, 0.29) is 0 Å². The molecular weight excluding hydrogens is 483 g/mol. The van der Waals surface area contributed by atoms with Gasteiger partial charge in [-0.05, 0) is 79.7 Å². The van der Waals surface area contributed by atoms with Crippen molar-refractivity contribution in [1.82, 2.24) is 0 Å². The molecule has 1 aromatic rings. The predicted molar refractivity (Wildman–Crippen MR) is 165 cm³/mol. The van der Waals surface area contributed by atoms with Gasteiger partial charge in [0.2, 0.25) is 0 Å². The van der Waals surface area contributed by atoms with Gasteiger partial charge in [-0.2, -0.15) is 0 Å². The van der Waals surface area contributed by atoms with Crippen LogP contribution in [0.1, 0.15) is 131 Å². The summed E-state index contributed by atoms with van der Waals surface area (Å²) in [5, 5.41) is 10.3. The van der Waals surface area contributed by atoms with Gasteiger partial charge >= 0.3 is 0 Å². The Balaban J connectivity index is 0.00000119. The maximum Gasteiger partial charge on any atom is 0.0595 e. The van der Waals surface area contributed by atoms with Crippen LogP contribution in [-0.2, 0) is 0 Å². The molecule has 0 aliphatic heterocycles. The number of hydrogen-bond acceptors (Lipinski definition) is 1. The second-order valence-electron chi connectivity index (χ2n) is 9.46. The number of rotatable bonds is 8. The smallest absolute Gasteiger partial charge is 0.0595 e. The van der Waals surface area contributed by atoms with Gasteiger partial charge in [-0.25, -0.2) is 0 Å². The van der Waals surface area contributed by atoms with E-state index in [1.807, 2.05) is 19.9 Å². The van der Waals surface area contributed by atoms with Crippen molar-refractivity contribution in [2.75, 3.05) is 6.61 Å². The highest BCUT2D eigenvalue weighted by Crippen LogP contribution is 2.46. The molecule has 0 aromatic heterocycles. The average Bonchev–Trinajstić information content (AvgIpc) is 3.12. The molecule has 0 spiro atoms. The molecule has 3 heteroatoms. The largest absolute Gasteiger partial charge is 0.396 e. The standard InChI is InChI=1S/C24H30Cl2O.C4H10.C3H8.C2H6/c1-2-18-10-12-20(19-11-13-23(25)24(26)16-19)21-9-6-8-17(15-22(18)21)7-4-3-5-14-27;1-3-4-2;1-3-2;1-2/h6,8,11,13,15-16,18,20,27H,2-5,7,9-10,12,14H2,1H3;3-4H2,1-2H3;3H2,1-2H3;1-2H3/t18-,20-;;;/m0.../s1. The zero-order valence-electron chi connectivity index (χ0n) is 24.3. The molecule has 0 unspecified atom stereocenters. The topological polar surface area (TPSA) is 20.2 Å². The third-order valence-corrected chi connectivity index (χ3v) is 7.25. The molecule has 0 heterocycles. The Kier molecular flexibility index (Phi) is 21.4. The van der Waals surface area contributed by atoms with E-state index in [1.54, 1.807) is 11.1 Å². The molecule has 2 aliphatic carbocycles. The van der Waals surface area contributed by atoms with Crippen LogP contribution in [0.2, 0.25) is 10.0 Å². The summed E-state index contributed by atoms with van der Waals surface area (Å²) in [6.07, 6.45) is 19.9. The van der Waals surface area contributed by atoms with Crippen molar-refractivity contribution in [2.24, 2.45) is 5.92 Å². The second kappa shape index (κ2) is 22.0. The summed E-state index contributed by atoms with van der Waals surface area (Å²) in [5.41, 5.74) is 5.85. The molecule has 36 heavy (non-hydrogen) atoms. The van der Waals surface area contributed by atoms with Crippen molar-refractivity contribution in [2.45, 2.75) is 125 Å². The summed E-state index contributed by atoms with van der Waals surface area (Å²) in [5.74, 6) is 1.10. The third kappa shape index (κ3) is 12.5. The van der Waals surface area contributed by atoms with Gasteiger partial charge in [0.15, 0.2) is 0 Å². The quantitative estimate of drug-likeness (QED) is 0.327. The molecule has 1 N–H and O–H groups in total. The molecule has 2 atom stereocenters. The molecule has 3 rings (SSSR count). The number of halogens is 2. The molecule has 0 saturated heterocycles. The van der Waals surface area contributed by atoms with E-state index < -0.39 is 0 Å². The van der Waals surface area contributed by atoms with Crippen molar-refractivity contribution in [3.8, 4) is 0 Å². The first-order valence-corrected chi connectivity index (χ1v) is 15.4. The first-order chi connectivity index (χ1) is 17.5. The molecule has 0 saturated carbocycles. The highest BCUT2D eigenvalue weighted by molar-refractivity contribution is 6.42. The zero-order valence-corrected chi connectivity index (χ0v) is 25.8. The summed E-state index contributed by atoms with van der Waals surface area (Å²) < 4.78 is 0. The van der Waals surface area contributed by atoms with E-state index in [4.69, 9.17) is 28.3 Å². The zero-order chi connectivity index (χ0) is 27.3. The average molecular weight is 538 g/mol. The van der Waals surface area contributed by atoms with Gasteiger partial charge in [0.25, 0.3) is 0 Å². The molecule has 1 nitrogen and oxygen atoms in total. The lowest BCUT2D eigenvalue weighted by Crippen LogP contribution is -2.17. The Bertz CT molecular complexity index is 789. The highest BCUT2D eigenvalue weighted by atomic mass is 35.5. The maximum absolute atomic E-state index is 8.99. The van der Waals surface area contributed by atoms with Gasteiger partial charge in [0.05, 0.1) is 10.0 Å². The van der Waals surface area contributed by atoms with Crippen molar-refractivity contribution in [1.29, 1.82) is 0 Å². The van der Waals surface area contributed by atoms with Gasteiger partial charge in [-0.15, -0.1) is 0 Å². The number of benzene rings is 1. The molecular formula is C33H54Cl2O. The summed E-state index contributed by atoms with van der Waals surface area (Å²) in [4.78, 5) is 0. The van der Waals surface area contributed by atoms with E-state index in [0.29, 0.717) is 28.5 Å². The number of unbranched alkanes of at least 4 members (excludes halogenated alkanes) is 3. The van der Waals surface area contributed by atoms with Crippen LogP contribution < -0.4 is 0 Å². The van der Waals surface area contributed by atoms with Gasteiger partial charge in [-0.3, -0.25) is 0 Å². The summed E-state index contributed by atoms with van der Waals surface area (Å²) in [6, 6.07) is 6.13. The van der Waals surface area contributed by atoms with E-state index in [1.165, 1.54) is 49.7 Å². The fraction of sp³-hybridized carbons (Fsp3) is 0.636. The Hall–Kier alpha value is -1.02. The van der Waals surface area contributed by atoms with Crippen LogP contribution in [0.5, 0.6) is 0 Å². The molecule has 0 amide bonds. The van der Waals surface area contributed by atoms with E-state index in [2.05, 4.69) is 65.0 Å². The van der Waals surface area contributed by atoms with E-state index in [0.717, 1.165) is 32.1 Å². The maximum atomic E-state index is 8.99. The number of allylic oxidation sites excluding steroid dienone is 6. The predicted octanol–water partition coefficient (Wildman–Crippen LogP) is 11.9. The van der Waals surface area contributed by atoms with Gasteiger partial charge < -0.3 is 5.11 Å². The van der Waals surface area contributed by atoms with Crippen LogP contribution in [0.25, 0.3) is 0 Å². The van der Waals surface area contributed by atoms with Crippen LogP contribution in [0, 0.1) is 5.92 Å². The number of hydrogen-bond donors (Lipinski definition) is 1. The lowest BCUT2D eigenvalue weighted by atomic mass is 9.72. The number of aliphatic hydroxyl groups is 1. The lowest BCUT2D eigenvalue weighted by Gasteiger charge is -2.33. The fourth-order valence-electron chi connectivity index (χ4n) is 4.51. The van der Waals surface area contributed by atoms with Crippen molar-refractivity contribution in [3.05, 3.63) is 68.8 Å². The Morgan fingerprint density at radius 3 is 2.11 bits per heavy atom. The van der Waals surface area contributed by atoms with Crippen LogP contribution >= 0.6 is 23.2 Å². The first-order valence-electron chi connectivity index (χ1n) is 14.6. The molecule has 0 bridgehead atoms. The third-order valence-electron chi connectivity index (χ3n) is 6.51. The van der Waals surface area contributed by atoms with Crippen LogP contribution in [0.3, 0.4) is 0 Å². The summed E-state index contributed by atoms with van der Waals surface area (Å²) in [6.45, 7) is 15.2. The van der Waals surface area contributed by atoms with Crippen molar-refractivity contribution < 1.29 is 5.11 Å². The first kappa shape index (κ1) is 35.0. The minimum Gasteiger partial charge on any atom is -0.396 e. The Labute approximate surface area is 234 Å². The normalized spacial score (nSPS) is 18.3. The molecule has 1 aromatic carbocycles. The SMILES string of the molecule is CC.CCC.CCCC.CC[C@H]1CC[C@@H](c2ccc(Cl)c(Cl)c2)C2=C1C=C(CCCCCO)C=CC2. The van der Waals surface area contributed by atoms with Crippen LogP contribution in [0.4, 0.5) is 0 Å². The molecule has 206 valence electrons. The van der Waals surface area contributed by atoms with Gasteiger partial charge in [-0.1, -0.05) is 127 Å². The van der Waals surface area contributed by atoms with Crippen molar-refractivity contribution >= 4 is 23.2 Å². The lowest BCUT2D eigenvalue weighted by molar-refractivity contribution is 0.283. The highest BCUT2D eigenvalue weighted by Gasteiger charge is 2.29.